The lowest BCUT2D eigenvalue weighted by Gasteiger charge is -2.34. The lowest BCUT2D eigenvalue weighted by atomic mass is 10.0. The molecule has 0 aromatic heterocycles. The van der Waals surface area contributed by atoms with Crippen molar-refractivity contribution >= 4 is 21.8 Å². The van der Waals surface area contributed by atoms with Crippen molar-refractivity contribution in [2.24, 2.45) is 5.73 Å². The number of carbonyl (C=O) groups is 2. The molecule has 1 unspecified atom stereocenters. The van der Waals surface area contributed by atoms with Gasteiger partial charge in [-0.2, -0.15) is 0 Å². The fourth-order valence-electron chi connectivity index (χ4n) is 4.02. The van der Waals surface area contributed by atoms with Crippen LogP contribution in [0.25, 0.3) is 0 Å². The Hall–Kier alpha value is -2.11. The van der Waals surface area contributed by atoms with Crippen LogP contribution in [0.1, 0.15) is 32.1 Å². The quantitative estimate of drug-likeness (QED) is 0.602. The number of likely N-dealkylation sites (tertiary alicyclic amines) is 2. The maximum atomic E-state index is 13.6. The first-order valence-electron chi connectivity index (χ1n) is 10.3. The summed E-state index contributed by atoms with van der Waals surface area (Å²) in [6, 6.07) is 6.88. The molecule has 0 radical (unpaired) electrons. The summed E-state index contributed by atoms with van der Waals surface area (Å²) in [5, 5.41) is 0. The maximum Gasteiger partial charge on any atom is 0.265 e. The van der Waals surface area contributed by atoms with Crippen LogP contribution in [0, 0.1) is 0 Å². The maximum absolute atomic E-state index is 13.6. The zero-order valence-corrected chi connectivity index (χ0v) is 18.0. The summed E-state index contributed by atoms with van der Waals surface area (Å²) < 4.78 is 54.5. The highest BCUT2D eigenvalue weighted by Crippen LogP contribution is 2.27. The predicted molar refractivity (Wildman–Crippen MR) is 110 cm³/mol. The van der Waals surface area contributed by atoms with Gasteiger partial charge in [-0.3, -0.25) is 9.59 Å². The molecule has 1 aromatic carbocycles. The summed E-state index contributed by atoms with van der Waals surface area (Å²) in [7, 11) is -3.68. The Bertz CT molecular complexity index is 898. The normalized spacial score (nSPS) is 22.5. The topological polar surface area (TPSA) is 113 Å². The number of sulfonamides is 1. The second kappa shape index (κ2) is 9.58. The highest BCUT2D eigenvalue weighted by molar-refractivity contribution is 7.89. The molecule has 0 aliphatic carbocycles. The minimum Gasteiger partial charge on any atom is -0.338 e. The van der Waals surface area contributed by atoms with Gasteiger partial charge in [-0.1, -0.05) is 18.2 Å². The molecule has 1 aromatic rings. The molecule has 2 fully saturated rings. The Labute approximate surface area is 180 Å². The van der Waals surface area contributed by atoms with Crippen molar-refractivity contribution in [3.8, 4) is 0 Å². The van der Waals surface area contributed by atoms with E-state index in [1.54, 1.807) is 23.1 Å². The Morgan fingerprint density at radius 2 is 2.00 bits per heavy atom. The van der Waals surface area contributed by atoms with Gasteiger partial charge in [-0.05, 0) is 25.0 Å². The average molecular weight is 459 g/mol. The molecule has 0 spiro atoms. The number of piperidine rings is 1. The number of hydrogen-bond donors (Lipinski definition) is 2. The van der Waals surface area contributed by atoms with Gasteiger partial charge in [-0.15, -0.1) is 0 Å². The van der Waals surface area contributed by atoms with E-state index in [9.17, 15) is 26.8 Å². The zero-order valence-electron chi connectivity index (χ0n) is 17.2. The molecular weight excluding hydrogens is 430 g/mol. The van der Waals surface area contributed by atoms with Crippen LogP contribution >= 0.6 is 0 Å². The summed E-state index contributed by atoms with van der Waals surface area (Å²) in [5.74, 6) is -3.60. The van der Waals surface area contributed by atoms with Crippen LogP contribution in [0.15, 0.2) is 35.2 Å². The highest BCUT2D eigenvalue weighted by Gasteiger charge is 2.39. The Morgan fingerprint density at radius 3 is 2.71 bits per heavy atom. The lowest BCUT2D eigenvalue weighted by Crippen LogP contribution is -2.51. The molecule has 2 heterocycles. The Morgan fingerprint density at radius 1 is 1.29 bits per heavy atom. The Kier molecular flexibility index (Phi) is 7.28. The van der Waals surface area contributed by atoms with Gasteiger partial charge in [0, 0.05) is 51.0 Å². The van der Waals surface area contributed by atoms with Gasteiger partial charge in [0.1, 0.15) is 0 Å². The van der Waals surface area contributed by atoms with Crippen LogP contribution in [0.5, 0.6) is 0 Å². The third-order valence-corrected chi connectivity index (χ3v) is 7.07. The van der Waals surface area contributed by atoms with Crippen LogP contribution in [0.4, 0.5) is 8.78 Å². The summed E-state index contributed by atoms with van der Waals surface area (Å²) in [6.07, 6.45) is 0.580. The third kappa shape index (κ3) is 6.20. The van der Waals surface area contributed by atoms with E-state index >= 15 is 0 Å². The molecule has 0 bridgehead atoms. The molecule has 11 heteroatoms. The number of carbonyl (C=O) groups excluding carboxylic acids is 2. The van der Waals surface area contributed by atoms with Crippen LogP contribution in [0.2, 0.25) is 0 Å². The first-order valence-corrected chi connectivity index (χ1v) is 11.8. The van der Waals surface area contributed by atoms with Gasteiger partial charge >= 0.3 is 0 Å². The van der Waals surface area contributed by atoms with Crippen LogP contribution in [-0.2, 0) is 19.6 Å². The molecule has 3 rings (SSSR count). The second-order valence-corrected chi connectivity index (χ2v) is 9.91. The van der Waals surface area contributed by atoms with Gasteiger partial charge in [0.25, 0.3) is 5.92 Å². The highest BCUT2D eigenvalue weighted by atomic mass is 32.2. The molecule has 31 heavy (non-hydrogen) atoms. The van der Waals surface area contributed by atoms with E-state index in [4.69, 9.17) is 5.73 Å². The zero-order chi connectivity index (χ0) is 22.6. The van der Waals surface area contributed by atoms with E-state index in [2.05, 4.69) is 4.72 Å². The number of nitrogens with two attached hydrogens (primary N) is 1. The summed E-state index contributed by atoms with van der Waals surface area (Å²) >= 11 is 0. The second-order valence-electron chi connectivity index (χ2n) is 8.14. The van der Waals surface area contributed by atoms with Crippen molar-refractivity contribution in [2.75, 3.05) is 26.2 Å². The number of alkyl halides is 2. The number of benzene rings is 1. The van der Waals surface area contributed by atoms with Crippen molar-refractivity contribution < 1.29 is 26.8 Å². The fourth-order valence-corrected chi connectivity index (χ4v) is 5.11. The van der Waals surface area contributed by atoms with Crippen molar-refractivity contribution in [1.29, 1.82) is 0 Å². The van der Waals surface area contributed by atoms with Gasteiger partial charge < -0.3 is 15.5 Å². The van der Waals surface area contributed by atoms with Gasteiger partial charge in [0.05, 0.1) is 11.4 Å². The SMILES string of the molecule is N[C@@H](CC(=O)N1CCCC1CNS(=O)(=O)c1ccccc1)CN1CC(F)(F)CCC1=O. The van der Waals surface area contributed by atoms with E-state index in [1.165, 1.54) is 12.1 Å². The molecule has 172 valence electrons. The molecular formula is C20H28F2N4O4S. The van der Waals surface area contributed by atoms with Crippen LogP contribution in [-0.4, -0.2) is 74.2 Å². The van der Waals surface area contributed by atoms with Crippen molar-refractivity contribution in [1.82, 2.24) is 14.5 Å². The number of rotatable bonds is 8. The van der Waals surface area contributed by atoms with E-state index in [0.717, 1.165) is 11.3 Å². The predicted octanol–water partition coefficient (Wildman–Crippen LogP) is 0.931. The minimum absolute atomic E-state index is 0.0784. The number of nitrogens with one attached hydrogen (secondary N) is 1. The van der Waals surface area contributed by atoms with E-state index in [-0.39, 0.29) is 48.7 Å². The number of amides is 2. The molecule has 3 N–H and O–H groups in total. The molecule has 8 nitrogen and oxygen atoms in total. The van der Waals surface area contributed by atoms with Crippen LogP contribution in [0.3, 0.4) is 0 Å². The third-order valence-electron chi connectivity index (χ3n) is 5.63. The van der Waals surface area contributed by atoms with Gasteiger partial charge in [-0.25, -0.2) is 21.9 Å². The molecule has 2 atom stereocenters. The molecule has 2 amide bonds. The minimum atomic E-state index is -3.68. The summed E-state index contributed by atoms with van der Waals surface area (Å²) in [4.78, 5) is 27.4. The molecule has 2 aliphatic rings. The lowest BCUT2D eigenvalue weighted by molar-refractivity contribution is -0.148. The smallest absolute Gasteiger partial charge is 0.265 e. The van der Waals surface area contributed by atoms with Gasteiger partial charge in [0.15, 0.2) is 0 Å². The van der Waals surface area contributed by atoms with Gasteiger partial charge in [0.2, 0.25) is 21.8 Å². The number of halogens is 2. The first kappa shape index (κ1) is 23.6. The number of nitrogens with zero attached hydrogens (tertiary/aromatic N) is 2. The van der Waals surface area contributed by atoms with Crippen molar-refractivity contribution in [3.05, 3.63) is 30.3 Å². The molecule has 2 saturated heterocycles. The molecule has 2 aliphatic heterocycles. The summed E-state index contributed by atoms with van der Waals surface area (Å²) in [5.41, 5.74) is 5.99. The number of hydrogen-bond acceptors (Lipinski definition) is 5. The fraction of sp³-hybridized carbons (Fsp3) is 0.600. The van der Waals surface area contributed by atoms with Crippen molar-refractivity contribution in [3.63, 3.8) is 0 Å². The summed E-state index contributed by atoms with van der Waals surface area (Å²) in [6.45, 7) is -0.236. The molecule has 0 saturated carbocycles. The monoisotopic (exact) mass is 458 g/mol. The average Bonchev–Trinajstić information content (AvgIpc) is 3.19. The standard InChI is InChI=1S/C20H28F2N4O4S/c21-20(22)9-8-18(27)25(14-20)13-15(23)11-19(28)26-10-4-5-16(26)12-24-31(29,30)17-6-2-1-3-7-17/h1-3,6-7,15-16,24H,4-5,8-14,23H2/t15-,16?/m0/s1. The van der Waals surface area contributed by atoms with E-state index in [0.29, 0.717) is 13.0 Å². The first-order chi connectivity index (χ1) is 14.6. The van der Waals surface area contributed by atoms with E-state index in [1.807, 2.05) is 0 Å². The Balaban J connectivity index is 1.53. The van der Waals surface area contributed by atoms with E-state index < -0.39 is 35.0 Å². The van der Waals surface area contributed by atoms with Crippen LogP contribution < -0.4 is 10.5 Å². The van der Waals surface area contributed by atoms with Crippen molar-refractivity contribution in [2.45, 2.75) is 55.0 Å². The largest absolute Gasteiger partial charge is 0.338 e.